The number of carbonyl (C=O) groups is 5. The van der Waals surface area contributed by atoms with Crippen molar-refractivity contribution >= 4 is 37.7 Å². The summed E-state index contributed by atoms with van der Waals surface area (Å²) in [4.78, 5) is 68.2. The molecule has 0 bridgehead atoms. The highest BCUT2D eigenvalue weighted by atomic mass is 31.2. The second-order valence-electron chi connectivity index (χ2n) is 7.24. The summed E-state index contributed by atoms with van der Waals surface area (Å²) in [7, 11) is -5.55. The smallest absolute Gasteiger partial charge is 0.474 e. The highest BCUT2D eigenvalue weighted by Crippen LogP contribution is 2.54. The van der Waals surface area contributed by atoms with E-state index in [2.05, 4.69) is 5.32 Å². The summed E-state index contributed by atoms with van der Waals surface area (Å²) in [6.45, 7) is -1.63. The second-order valence-corrected chi connectivity index (χ2v) is 8.57. The zero-order valence-electron chi connectivity index (χ0n) is 18.3. The van der Waals surface area contributed by atoms with Crippen LogP contribution in [0.1, 0.15) is 25.7 Å². The summed E-state index contributed by atoms with van der Waals surface area (Å²) >= 11 is 0. The van der Waals surface area contributed by atoms with Crippen LogP contribution in [0.4, 0.5) is 0 Å². The molecule has 0 spiro atoms. The Labute approximate surface area is 197 Å². The first-order valence-electron chi connectivity index (χ1n) is 9.73. The van der Waals surface area contributed by atoms with Crippen molar-refractivity contribution in [3.63, 3.8) is 0 Å². The first-order valence-corrected chi connectivity index (χ1v) is 11.2. The van der Waals surface area contributed by atoms with Gasteiger partial charge in [-0.25, -0.2) is 4.57 Å². The second kappa shape index (κ2) is 14.0. The van der Waals surface area contributed by atoms with Crippen LogP contribution in [-0.4, -0.2) is 104 Å². The molecule has 0 aliphatic rings. The van der Waals surface area contributed by atoms with Crippen LogP contribution in [0.3, 0.4) is 0 Å². The van der Waals surface area contributed by atoms with Crippen molar-refractivity contribution in [2.24, 2.45) is 11.5 Å². The number of nitrogens with two attached hydrogens (primary N) is 2. The van der Waals surface area contributed by atoms with E-state index in [4.69, 9.17) is 25.6 Å². The monoisotopic (exact) mass is 532 g/mol. The molecule has 0 heterocycles. The Balaban J connectivity index is 6.98. The fraction of sp³-hybridized carbons (Fsp3) is 0.688. The molecule has 0 rings (SSSR count). The van der Waals surface area contributed by atoms with E-state index in [1.807, 2.05) is 5.32 Å². The van der Waals surface area contributed by atoms with Gasteiger partial charge in [0.2, 0.25) is 0 Å². The van der Waals surface area contributed by atoms with Gasteiger partial charge in [-0.15, -0.1) is 0 Å². The van der Waals surface area contributed by atoms with Crippen LogP contribution in [0.2, 0.25) is 0 Å². The number of hydrogen-bond donors (Lipinski definition) is 10. The Morgan fingerprint density at radius 3 is 1.63 bits per heavy atom. The van der Waals surface area contributed by atoms with Gasteiger partial charge >= 0.3 is 37.7 Å². The standard InChI is InChI=1S/C16H29N4O14P/c17-1-2-19-9(7-18)33-35(31,32)34-16(5-12(25)26,6-13(27)28)15(3-10(21)22,4-11(23)24)20-8-14(29)30/h9,19-20H,1-8,17-18H2,(H,21,22)(H,23,24)(H,25,26)(H,27,28)(H,29,30)(H,31,32). The van der Waals surface area contributed by atoms with Gasteiger partial charge in [-0.3, -0.25) is 43.7 Å². The fourth-order valence-corrected chi connectivity index (χ4v) is 4.56. The Morgan fingerprint density at radius 2 is 1.29 bits per heavy atom. The van der Waals surface area contributed by atoms with Crippen molar-refractivity contribution in [2.45, 2.75) is 43.1 Å². The maximum Gasteiger partial charge on any atom is 0.474 e. The molecule has 0 radical (unpaired) electrons. The van der Waals surface area contributed by atoms with E-state index in [1.165, 1.54) is 0 Å². The number of carboxylic acids is 5. The van der Waals surface area contributed by atoms with Gasteiger partial charge in [0, 0.05) is 19.6 Å². The molecular formula is C16H29N4O14P. The van der Waals surface area contributed by atoms with Crippen LogP contribution >= 0.6 is 7.82 Å². The third-order valence-corrected chi connectivity index (χ3v) is 5.61. The normalized spacial score (nSPS) is 14.6. The lowest BCUT2D eigenvalue weighted by Crippen LogP contribution is -2.67. The Kier molecular flexibility index (Phi) is 12.9. The van der Waals surface area contributed by atoms with E-state index >= 15 is 0 Å². The molecule has 2 unspecified atom stereocenters. The summed E-state index contributed by atoms with van der Waals surface area (Å²) in [5.74, 6) is -9.17. The lowest BCUT2D eigenvalue weighted by molar-refractivity contribution is -0.166. The third-order valence-electron chi connectivity index (χ3n) is 4.51. The minimum atomic E-state index is -5.55. The number of phosphoric ester groups is 1. The van der Waals surface area contributed by atoms with Gasteiger partial charge in [0.15, 0.2) is 0 Å². The third kappa shape index (κ3) is 11.1. The zero-order valence-corrected chi connectivity index (χ0v) is 19.2. The molecule has 18 nitrogen and oxygen atoms in total. The quantitative estimate of drug-likeness (QED) is 0.0551. The van der Waals surface area contributed by atoms with Crippen molar-refractivity contribution < 1.29 is 68.0 Å². The molecule has 0 saturated heterocycles. The van der Waals surface area contributed by atoms with Crippen LogP contribution in [0.5, 0.6) is 0 Å². The molecule has 0 fully saturated rings. The number of nitrogens with one attached hydrogen (secondary N) is 2. The van der Waals surface area contributed by atoms with Crippen LogP contribution in [-0.2, 0) is 37.6 Å². The van der Waals surface area contributed by atoms with Crippen molar-refractivity contribution in [1.82, 2.24) is 10.6 Å². The minimum Gasteiger partial charge on any atom is -0.481 e. The molecule has 0 aromatic carbocycles. The average Bonchev–Trinajstić information content (AvgIpc) is 2.66. The Morgan fingerprint density at radius 1 is 0.829 bits per heavy atom. The molecule has 12 N–H and O–H groups in total. The number of aliphatic carboxylic acids is 5. The van der Waals surface area contributed by atoms with Gasteiger partial charge in [-0.1, -0.05) is 0 Å². The predicted octanol–water partition coefficient (Wildman–Crippen LogP) is -3.00. The topological polar surface area (TPSA) is 318 Å². The van der Waals surface area contributed by atoms with Crippen molar-refractivity contribution in [2.75, 3.05) is 26.2 Å². The molecule has 0 aromatic rings. The molecule has 35 heavy (non-hydrogen) atoms. The molecule has 0 aliphatic carbocycles. The Hall–Kier alpha value is -2.70. The van der Waals surface area contributed by atoms with Gasteiger partial charge in [-0.2, -0.15) is 0 Å². The SMILES string of the molecule is NCCNC(CN)OP(=O)(O)OC(CC(=O)O)(CC(=O)O)C(CC(=O)O)(CC(=O)O)NCC(=O)O. The van der Waals surface area contributed by atoms with Crippen molar-refractivity contribution in [3.05, 3.63) is 0 Å². The van der Waals surface area contributed by atoms with E-state index in [-0.39, 0.29) is 13.1 Å². The summed E-state index contributed by atoms with van der Waals surface area (Å²) < 4.78 is 22.6. The molecule has 0 aliphatic heterocycles. The molecule has 19 heteroatoms. The predicted molar refractivity (Wildman–Crippen MR) is 112 cm³/mol. The zero-order chi connectivity index (χ0) is 27.4. The number of rotatable bonds is 20. The van der Waals surface area contributed by atoms with E-state index in [0.717, 1.165) is 0 Å². The van der Waals surface area contributed by atoms with E-state index < -0.39 is 93.8 Å². The number of phosphoric acid groups is 1. The Bertz CT molecular complexity index is 805. The highest BCUT2D eigenvalue weighted by Gasteiger charge is 2.60. The van der Waals surface area contributed by atoms with Gasteiger partial charge in [0.05, 0.1) is 37.8 Å². The number of hydrogen-bond acceptors (Lipinski definition) is 12. The lowest BCUT2D eigenvalue weighted by Gasteiger charge is -2.48. The summed E-state index contributed by atoms with van der Waals surface area (Å²) in [5, 5.41) is 51.2. The van der Waals surface area contributed by atoms with E-state index in [0.29, 0.717) is 0 Å². The summed E-state index contributed by atoms with van der Waals surface area (Å²) in [6, 6.07) is 0. The average molecular weight is 532 g/mol. The van der Waals surface area contributed by atoms with Crippen LogP contribution < -0.4 is 22.1 Å². The van der Waals surface area contributed by atoms with Crippen LogP contribution in [0.25, 0.3) is 0 Å². The minimum absolute atomic E-state index is 0.0133. The highest BCUT2D eigenvalue weighted by molar-refractivity contribution is 7.47. The first-order chi connectivity index (χ1) is 16.0. The van der Waals surface area contributed by atoms with Gasteiger partial charge in [0.25, 0.3) is 0 Å². The molecule has 0 saturated carbocycles. The van der Waals surface area contributed by atoms with Gasteiger partial charge in [0.1, 0.15) is 11.8 Å². The molecule has 202 valence electrons. The van der Waals surface area contributed by atoms with Gasteiger partial charge < -0.3 is 41.9 Å². The first kappa shape index (κ1) is 32.3. The van der Waals surface area contributed by atoms with Crippen molar-refractivity contribution in [3.8, 4) is 0 Å². The van der Waals surface area contributed by atoms with Gasteiger partial charge in [-0.05, 0) is 0 Å². The lowest BCUT2D eigenvalue weighted by atomic mass is 9.70. The van der Waals surface area contributed by atoms with E-state index in [1.54, 1.807) is 0 Å². The largest absolute Gasteiger partial charge is 0.481 e. The van der Waals surface area contributed by atoms with Crippen LogP contribution in [0.15, 0.2) is 0 Å². The maximum absolute atomic E-state index is 12.8. The van der Waals surface area contributed by atoms with E-state index in [9.17, 15) is 53.9 Å². The molecule has 2 atom stereocenters. The number of carboxylic acid groups (broad SMARTS) is 5. The molecular weight excluding hydrogens is 503 g/mol. The molecule has 0 amide bonds. The summed E-state index contributed by atoms with van der Waals surface area (Å²) in [6.07, 6.45) is -7.41. The van der Waals surface area contributed by atoms with Crippen molar-refractivity contribution in [1.29, 1.82) is 0 Å². The maximum atomic E-state index is 12.8. The fourth-order valence-electron chi connectivity index (χ4n) is 3.28. The summed E-state index contributed by atoms with van der Waals surface area (Å²) in [5.41, 5.74) is 4.70. The van der Waals surface area contributed by atoms with Crippen LogP contribution in [0, 0.1) is 0 Å². The molecule has 0 aromatic heterocycles.